The number of hydrogen-bond acceptors (Lipinski definition) is 5. The topological polar surface area (TPSA) is 104 Å². The number of nitrogens with zero attached hydrogens (tertiary/aromatic N) is 3. The molecule has 1 aliphatic heterocycles. The molecule has 1 atom stereocenters. The van der Waals surface area contributed by atoms with Crippen LogP contribution in [0.1, 0.15) is 6.42 Å². The summed E-state index contributed by atoms with van der Waals surface area (Å²) in [4.78, 5) is 21.3. The Labute approximate surface area is 134 Å². The summed E-state index contributed by atoms with van der Waals surface area (Å²) >= 11 is 0. The van der Waals surface area contributed by atoms with Crippen molar-refractivity contribution < 1.29 is 9.90 Å². The van der Waals surface area contributed by atoms with E-state index in [-0.39, 0.29) is 11.9 Å². The highest BCUT2D eigenvalue weighted by atomic mass is 16.4. The third-order valence-electron chi connectivity index (χ3n) is 3.95. The van der Waals surface area contributed by atoms with E-state index in [9.17, 15) is 4.79 Å². The normalized spacial score (nSPS) is 17.2. The third-order valence-corrected chi connectivity index (χ3v) is 3.95. The summed E-state index contributed by atoms with van der Waals surface area (Å²) in [5.74, 6) is 1.31. The van der Waals surface area contributed by atoms with Gasteiger partial charge in [0, 0.05) is 31.3 Å². The molecule has 0 radical (unpaired) electrons. The van der Waals surface area contributed by atoms with Crippen molar-refractivity contribution in [2.24, 2.45) is 5.92 Å². The number of benzene rings is 1. The van der Waals surface area contributed by atoms with Crippen molar-refractivity contribution in [3.63, 3.8) is 0 Å². The Balaban J connectivity index is 1.76. The van der Waals surface area contributed by atoms with Crippen molar-refractivity contribution in [2.75, 3.05) is 30.3 Å². The molecule has 4 N–H and O–H groups in total. The van der Waals surface area contributed by atoms with Gasteiger partial charge < -0.3 is 21.1 Å². The number of carbonyl (C=O) groups is 1. The van der Waals surface area contributed by atoms with Gasteiger partial charge in [0.15, 0.2) is 0 Å². The molecule has 7 heteroatoms. The molecular formula is C16H19N5O2. The molecule has 2 aromatic rings. The molecule has 0 spiro atoms. The lowest BCUT2D eigenvalue weighted by Gasteiger charge is -2.18. The molecule has 23 heavy (non-hydrogen) atoms. The maximum Gasteiger partial charge on any atom is 0.404 e. The molecule has 0 saturated carbocycles. The van der Waals surface area contributed by atoms with E-state index in [0.717, 1.165) is 36.6 Å². The number of anilines is 2. The molecule has 0 bridgehead atoms. The van der Waals surface area contributed by atoms with E-state index in [1.807, 2.05) is 36.4 Å². The largest absolute Gasteiger partial charge is 0.465 e. The average molecular weight is 313 g/mol. The first-order chi connectivity index (χ1) is 11.1. The monoisotopic (exact) mass is 313 g/mol. The van der Waals surface area contributed by atoms with Gasteiger partial charge in [-0.25, -0.2) is 9.78 Å². The second-order valence-electron chi connectivity index (χ2n) is 5.62. The molecule has 1 aromatic carbocycles. The summed E-state index contributed by atoms with van der Waals surface area (Å²) in [5, 5.41) is 11.1. The lowest BCUT2D eigenvalue weighted by Crippen LogP contribution is -2.30. The van der Waals surface area contributed by atoms with Gasteiger partial charge in [0.2, 0.25) is 5.95 Å². The fourth-order valence-electron chi connectivity index (χ4n) is 2.81. The van der Waals surface area contributed by atoms with Crippen LogP contribution in [0.25, 0.3) is 11.3 Å². The minimum Gasteiger partial charge on any atom is -0.465 e. The average Bonchev–Trinajstić information content (AvgIpc) is 3.02. The van der Waals surface area contributed by atoms with Crippen molar-refractivity contribution >= 4 is 17.9 Å². The second kappa shape index (κ2) is 6.51. The van der Waals surface area contributed by atoms with E-state index in [1.54, 1.807) is 0 Å². The van der Waals surface area contributed by atoms with Gasteiger partial charge in [-0.2, -0.15) is 4.98 Å². The van der Waals surface area contributed by atoms with Crippen LogP contribution in [0.4, 0.5) is 16.6 Å². The molecule has 1 saturated heterocycles. The van der Waals surface area contributed by atoms with Crippen LogP contribution in [0.5, 0.6) is 0 Å². The third kappa shape index (κ3) is 3.68. The van der Waals surface area contributed by atoms with E-state index < -0.39 is 6.09 Å². The Morgan fingerprint density at radius 1 is 1.35 bits per heavy atom. The van der Waals surface area contributed by atoms with Crippen LogP contribution >= 0.6 is 0 Å². The smallest absolute Gasteiger partial charge is 0.404 e. The molecule has 1 aliphatic rings. The quantitative estimate of drug-likeness (QED) is 0.795. The predicted molar refractivity (Wildman–Crippen MR) is 88.2 cm³/mol. The van der Waals surface area contributed by atoms with Crippen LogP contribution in [0.3, 0.4) is 0 Å². The molecule has 1 amide bonds. The maximum absolute atomic E-state index is 10.6. The summed E-state index contributed by atoms with van der Waals surface area (Å²) in [6, 6.07) is 11.8. The van der Waals surface area contributed by atoms with Gasteiger partial charge in [0.05, 0.1) is 5.69 Å². The Morgan fingerprint density at radius 3 is 2.87 bits per heavy atom. The molecule has 2 heterocycles. The van der Waals surface area contributed by atoms with Crippen LogP contribution in [0.2, 0.25) is 0 Å². The fraction of sp³-hybridized carbons (Fsp3) is 0.312. The van der Waals surface area contributed by atoms with Crippen molar-refractivity contribution in [2.45, 2.75) is 6.42 Å². The predicted octanol–water partition coefficient (Wildman–Crippen LogP) is 1.82. The van der Waals surface area contributed by atoms with Crippen LogP contribution in [-0.4, -0.2) is 40.8 Å². The standard InChI is InChI=1S/C16H19N5O2/c17-15-19-13(12-4-2-1-3-5-12)8-14(20-15)21-7-6-11(10-21)9-18-16(22)23/h1-5,8,11,18H,6-7,9-10H2,(H,22,23)(H2,17,19,20). The number of rotatable bonds is 4. The highest BCUT2D eigenvalue weighted by molar-refractivity contribution is 5.65. The number of carboxylic acid groups (broad SMARTS) is 1. The van der Waals surface area contributed by atoms with Crippen molar-refractivity contribution in [1.82, 2.24) is 15.3 Å². The van der Waals surface area contributed by atoms with E-state index in [4.69, 9.17) is 10.8 Å². The van der Waals surface area contributed by atoms with E-state index in [2.05, 4.69) is 20.2 Å². The Morgan fingerprint density at radius 2 is 2.13 bits per heavy atom. The molecule has 1 unspecified atom stereocenters. The number of nitrogen functional groups attached to an aromatic ring is 1. The molecule has 1 fully saturated rings. The first-order valence-electron chi connectivity index (χ1n) is 7.53. The molecule has 0 aliphatic carbocycles. The van der Waals surface area contributed by atoms with E-state index >= 15 is 0 Å². The molecular weight excluding hydrogens is 294 g/mol. The van der Waals surface area contributed by atoms with Crippen LogP contribution < -0.4 is 16.0 Å². The Kier molecular flexibility index (Phi) is 4.27. The maximum atomic E-state index is 10.6. The summed E-state index contributed by atoms with van der Waals surface area (Å²) in [5.41, 5.74) is 7.64. The Hall–Kier alpha value is -2.83. The van der Waals surface area contributed by atoms with E-state index in [0.29, 0.717) is 6.54 Å². The van der Waals surface area contributed by atoms with E-state index in [1.165, 1.54) is 0 Å². The number of aromatic nitrogens is 2. The first kappa shape index (κ1) is 15.1. The van der Waals surface area contributed by atoms with Crippen molar-refractivity contribution in [3.05, 3.63) is 36.4 Å². The fourth-order valence-corrected chi connectivity index (χ4v) is 2.81. The Bertz CT molecular complexity index is 692. The molecule has 1 aromatic heterocycles. The number of nitrogens with one attached hydrogen (secondary N) is 1. The van der Waals surface area contributed by atoms with Gasteiger partial charge in [0.1, 0.15) is 5.82 Å². The number of amides is 1. The number of nitrogens with two attached hydrogens (primary N) is 1. The van der Waals surface area contributed by atoms with Crippen molar-refractivity contribution in [1.29, 1.82) is 0 Å². The summed E-state index contributed by atoms with van der Waals surface area (Å²) < 4.78 is 0. The van der Waals surface area contributed by atoms with Gasteiger partial charge in [0.25, 0.3) is 0 Å². The van der Waals surface area contributed by atoms with Gasteiger partial charge >= 0.3 is 6.09 Å². The van der Waals surface area contributed by atoms with Crippen LogP contribution in [0.15, 0.2) is 36.4 Å². The zero-order valence-corrected chi connectivity index (χ0v) is 12.6. The summed E-state index contributed by atoms with van der Waals surface area (Å²) in [6.07, 6.45) is -0.0636. The van der Waals surface area contributed by atoms with Gasteiger partial charge in [-0.05, 0) is 12.3 Å². The minimum absolute atomic E-state index is 0.244. The zero-order valence-electron chi connectivity index (χ0n) is 12.6. The molecule has 7 nitrogen and oxygen atoms in total. The number of hydrogen-bond donors (Lipinski definition) is 3. The van der Waals surface area contributed by atoms with Gasteiger partial charge in [-0.3, -0.25) is 0 Å². The highest BCUT2D eigenvalue weighted by Gasteiger charge is 2.24. The lowest BCUT2D eigenvalue weighted by atomic mass is 10.1. The zero-order chi connectivity index (χ0) is 16.2. The van der Waals surface area contributed by atoms with Crippen LogP contribution in [-0.2, 0) is 0 Å². The molecule has 3 rings (SSSR count). The summed E-state index contributed by atoms with van der Waals surface area (Å²) in [6.45, 7) is 2.04. The molecule has 120 valence electrons. The SMILES string of the molecule is Nc1nc(-c2ccccc2)cc(N2CCC(CNC(=O)O)C2)n1. The first-order valence-corrected chi connectivity index (χ1v) is 7.53. The minimum atomic E-state index is -0.985. The summed E-state index contributed by atoms with van der Waals surface area (Å²) in [7, 11) is 0. The van der Waals surface area contributed by atoms with Gasteiger partial charge in [-0.1, -0.05) is 30.3 Å². The van der Waals surface area contributed by atoms with Crippen LogP contribution in [0, 0.1) is 5.92 Å². The van der Waals surface area contributed by atoms with Gasteiger partial charge in [-0.15, -0.1) is 0 Å². The highest BCUT2D eigenvalue weighted by Crippen LogP contribution is 2.26. The van der Waals surface area contributed by atoms with Crippen molar-refractivity contribution in [3.8, 4) is 11.3 Å². The second-order valence-corrected chi connectivity index (χ2v) is 5.62. The lowest BCUT2D eigenvalue weighted by molar-refractivity contribution is 0.192.